The van der Waals surface area contributed by atoms with Gasteiger partial charge in [-0.15, -0.1) is 11.3 Å². The summed E-state index contributed by atoms with van der Waals surface area (Å²) < 4.78 is 0. The Labute approximate surface area is 95.5 Å². The molecule has 84 valence electrons. The predicted molar refractivity (Wildman–Crippen MR) is 64.6 cm³/mol. The number of rotatable bonds is 4. The molecule has 0 aliphatic carbocycles. The highest BCUT2D eigenvalue weighted by Gasteiger charge is 2.22. The molecule has 1 atom stereocenters. The molecule has 15 heavy (non-hydrogen) atoms. The van der Waals surface area contributed by atoms with Gasteiger partial charge in [-0.25, -0.2) is 4.98 Å². The first-order valence-electron chi connectivity index (χ1n) is 5.57. The molecule has 2 rings (SSSR count). The molecule has 0 amide bonds. The van der Waals surface area contributed by atoms with Crippen LogP contribution in [0.5, 0.6) is 0 Å². The minimum Gasteiger partial charge on any atom is -0.319 e. The quantitative estimate of drug-likeness (QED) is 0.838. The van der Waals surface area contributed by atoms with Crippen LogP contribution in [0.1, 0.15) is 23.0 Å². The summed E-state index contributed by atoms with van der Waals surface area (Å²) in [6, 6.07) is 0. The van der Waals surface area contributed by atoms with Gasteiger partial charge in [0.25, 0.3) is 0 Å². The third-order valence-corrected chi connectivity index (χ3v) is 3.89. The van der Waals surface area contributed by atoms with Crippen molar-refractivity contribution in [3.63, 3.8) is 0 Å². The van der Waals surface area contributed by atoms with Crippen molar-refractivity contribution in [2.24, 2.45) is 0 Å². The minimum atomic E-state index is 0.676. The number of hydrogen-bond acceptors (Lipinski definition) is 4. The van der Waals surface area contributed by atoms with E-state index in [4.69, 9.17) is 4.98 Å². The maximum atomic E-state index is 4.72. The Kier molecular flexibility index (Phi) is 3.72. The molecule has 1 N–H and O–H groups in total. The van der Waals surface area contributed by atoms with Gasteiger partial charge in [0.2, 0.25) is 0 Å². The second kappa shape index (κ2) is 5.05. The summed E-state index contributed by atoms with van der Waals surface area (Å²) >= 11 is 1.81. The van der Waals surface area contributed by atoms with E-state index in [1.807, 2.05) is 18.4 Å². The molecule has 1 aromatic rings. The number of hydrogen-bond donors (Lipinski definition) is 1. The molecule has 0 spiro atoms. The van der Waals surface area contributed by atoms with Crippen molar-refractivity contribution in [3.8, 4) is 0 Å². The minimum absolute atomic E-state index is 0.676. The lowest BCUT2D eigenvalue weighted by Gasteiger charge is -2.06. The molecule has 1 aromatic heterocycles. The summed E-state index contributed by atoms with van der Waals surface area (Å²) in [5.41, 5.74) is 1.32. The number of likely N-dealkylation sites (N-methyl/N-ethyl adjacent to an activating group) is 2. The van der Waals surface area contributed by atoms with Crippen molar-refractivity contribution in [1.29, 1.82) is 0 Å². The highest BCUT2D eigenvalue weighted by Crippen LogP contribution is 2.27. The Balaban J connectivity index is 1.94. The zero-order valence-electron chi connectivity index (χ0n) is 9.49. The van der Waals surface area contributed by atoms with Gasteiger partial charge in [0.05, 0.1) is 10.7 Å². The molecule has 2 heterocycles. The van der Waals surface area contributed by atoms with Crippen LogP contribution in [-0.4, -0.2) is 43.6 Å². The van der Waals surface area contributed by atoms with E-state index >= 15 is 0 Å². The van der Waals surface area contributed by atoms with E-state index in [9.17, 15) is 0 Å². The van der Waals surface area contributed by atoms with Gasteiger partial charge >= 0.3 is 0 Å². The number of likely N-dealkylation sites (tertiary alicyclic amines) is 1. The zero-order chi connectivity index (χ0) is 10.7. The van der Waals surface area contributed by atoms with Crippen LogP contribution >= 0.6 is 11.3 Å². The van der Waals surface area contributed by atoms with Crippen LogP contribution in [0.3, 0.4) is 0 Å². The third-order valence-electron chi connectivity index (χ3n) is 2.97. The van der Waals surface area contributed by atoms with E-state index in [1.165, 1.54) is 30.2 Å². The lowest BCUT2D eigenvalue weighted by molar-refractivity contribution is 0.411. The Morgan fingerprint density at radius 3 is 3.20 bits per heavy atom. The van der Waals surface area contributed by atoms with Crippen LogP contribution in [0.2, 0.25) is 0 Å². The van der Waals surface area contributed by atoms with Gasteiger partial charge in [-0.1, -0.05) is 0 Å². The topological polar surface area (TPSA) is 28.2 Å². The van der Waals surface area contributed by atoms with E-state index < -0.39 is 0 Å². The Hall–Kier alpha value is -0.450. The molecular weight excluding hydrogens is 206 g/mol. The van der Waals surface area contributed by atoms with Gasteiger partial charge < -0.3 is 10.2 Å². The molecule has 0 aromatic carbocycles. The summed E-state index contributed by atoms with van der Waals surface area (Å²) in [5.74, 6) is 0.676. The van der Waals surface area contributed by atoms with E-state index in [1.54, 1.807) is 0 Å². The lowest BCUT2D eigenvalue weighted by Crippen LogP contribution is -2.13. The first-order chi connectivity index (χ1) is 7.29. The van der Waals surface area contributed by atoms with Crippen LogP contribution < -0.4 is 5.32 Å². The Bertz CT molecular complexity index is 311. The fraction of sp³-hybridized carbons (Fsp3) is 0.727. The molecule has 1 aliphatic heterocycles. The Morgan fingerprint density at radius 2 is 2.53 bits per heavy atom. The number of aromatic nitrogens is 1. The van der Waals surface area contributed by atoms with Gasteiger partial charge in [-0.05, 0) is 27.1 Å². The normalized spacial score (nSPS) is 22.4. The van der Waals surface area contributed by atoms with Gasteiger partial charge in [-0.3, -0.25) is 0 Å². The molecule has 0 saturated carbocycles. The lowest BCUT2D eigenvalue weighted by atomic mass is 10.1. The van der Waals surface area contributed by atoms with E-state index in [0.29, 0.717) is 5.92 Å². The molecular formula is C11H19N3S. The van der Waals surface area contributed by atoms with Gasteiger partial charge in [0.15, 0.2) is 0 Å². The molecule has 0 radical (unpaired) electrons. The van der Waals surface area contributed by atoms with Crippen molar-refractivity contribution in [3.05, 3.63) is 16.1 Å². The highest BCUT2D eigenvalue weighted by atomic mass is 32.1. The molecule has 3 nitrogen and oxygen atoms in total. The molecule has 1 saturated heterocycles. The van der Waals surface area contributed by atoms with Crippen LogP contribution in [0, 0.1) is 0 Å². The summed E-state index contributed by atoms with van der Waals surface area (Å²) in [6.07, 6.45) is 2.33. The summed E-state index contributed by atoms with van der Waals surface area (Å²) in [7, 11) is 4.18. The molecule has 4 heteroatoms. The average molecular weight is 225 g/mol. The monoisotopic (exact) mass is 225 g/mol. The van der Waals surface area contributed by atoms with Crippen molar-refractivity contribution >= 4 is 11.3 Å². The van der Waals surface area contributed by atoms with Crippen LogP contribution in [0.4, 0.5) is 0 Å². The van der Waals surface area contributed by atoms with Crippen LogP contribution in [0.25, 0.3) is 0 Å². The van der Waals surface area contributed by atoms with Gasteiger partial charge in [0.1, 0.15) is 0 Å². The van der Waals surface area contributed by atoms with Crippen molar-refractivity contribution in [1.82, 2.24) is 15.2 Å². The van der Waals surface area contributed by atoms with Gasteiger partial charge in [0, 0.05) is 30.8 Å². The first-order valence-corrected chi connectivity index (χ1v) is 6.45. The summed E-state index contributed by atoms with van der Waals surface area (Å²) in [4.78, 5) is 7.10. The van der Waals surface area contributed by atoms with Gasteiger partial charge in [-0.2, -0.15) is 0 Å². The molecule has 1 aliphatic rings. The van der Waals surface area contributed by atoms with E-state index in [0.717, 1.165) is 13.0 Å². The molecule has 0 bridgehead atoms. The van der Waals surface area contributed by atoms with Crippen molar-refractivity contribution in [2.75, 3.05) is 33.7 Å². The SMILES string of the molecule is CNCCc1nc(C2CCN(C)C2)cs1. The summed E-state index contributed by atoms with van der Waals surface area (Å²) in [6.45, 7) is 3.42. The average Bonchev–Trinajstić information content (AvgIpc) is 2.83. The number of thiazole rings is 1. The van der Waals surface area contributed by atoms with E-state index in [-0.39, 0.29) is 0 Å². The summed E-state index contributed by atoms with van der Waals surface area (Å²) in [5, 5.41) is 6.68. The maximum Gasteiger partial charge on any atom is 0.0941 e. The highest BCUT2D eigenvalue weighted by molar-refractivity contribution is 7.09. The van der Waals surface area contributed by atoms with E-state index in [2.05, 4.69) is 22.6 Å². The fourth-order valence-corrected chi connectivity index (χ4v) is 2.92. The van der Waals surface area contributed by atoms with Crippen molar-refractivity contribution in [2.45, 2.75) is 18.8 Å². The molecule has 1 fully saturated rings. The smallest absolute Gasteiger partial charge is 0.0941 e. The zero-order valence-corrected chi connectivity index (χ0v) is 10.3. The standard InChI is InChI=1S/C11H19N3S/c1-12-5-3-11-13-10(8-15-11)9-4-6-14(2)7-9/h8-9,12H,3-7H2,1-2H3. The predicted octanol–water partition coefficient (Wildman–Crippen LogP) is 1.32. The number of nitrogens with zero attached hydrogens (tertiary/aromatic N) is 2. The van der Waals surface area contributed by atoms with Crippen LogP contribution in [0.15, 0.2) is 5.38 Å². The maximum absolute atomic E-state index is 4.72. The Morgan fingerprint density at radius 1 is 1.67 bits per heavy atom. The van der Waals surface area contributed by atoms with Crippen LogP contribution in [-0.2, 0) is 6.42 Å². The fourth-order valence-electron chi connectivity index (χ4n) is 2.04. The second-order valence-corrected chi connectivity index (χ2v) is 5.21. The second-order valence-electron chi connectivity index (χ2n) is 4.27. The first kappa shape index (κ1) is 11.0. The van der Waals surface area contributed by atoms with Crippen molar-refractivity contribution < 1.29 is 0 Å². The largest absolute Gasteiger partial charge is 0.319 e. The third kappa shape index (κ3) is 2.77. The number of nitrogens with one attached hydrogen (secondary N) is 1. The molecule has 1 unspecified atom stereocenters.